The Morgan fingerprint density at radius 2 is 1.31 bits per heavy atom. The number of alkyl halides is 6. The average Bonchev–Trinajstić information content (AvgIpc) is 3.03. The van der Waals surface area contributed by atoms with E-state index in [0.29, 0.717) is 25.3 Å². The second-order valence-electron chi connectivity index (χ2n) is 10.5. The number of nitrogens with two attached hydrogens (primary N) is 4. The van der Waals surface area contributed by atoms with Gasteiger partial charge in [-0.1, -0.05) is 0 Å². The summed E-state index contributed by atoms with van der Waals surface area (Å²) in [7, 11) is 0. The quantitative estimate of drug-likeness (QED) is 0.132. The fraction of sp³-hybridized carbons (Fsp3) is 0.233. The lowest BCUT2D eigenvalue weighted by atomic mass is 10.1. The first-order valence-corrected chi connectivity index (χ1v) is 13.9. The van der Waals surface area contributed by atoms with E-state index in [2.05, 4.69) is 4.98 Å². The molecule has 0 unspecified atom stereocenters. The Balaban J connectivity index is 1.73. The summed E-state index contributed by atoms with van der Waals surface area (Å²) in [6, 6.07) is 8.10. The number of ether oxygens (including phenoxy) is 1. The minimum atomic E-state index is -4.94. The van der Waals surface area contributed by atoms with Gasteiger partial charge in [-0.3, -0.25) is 14.8 Å². The molecule has 0 aliphatic carbocycles. The van der Waals surface area contributed by atoms with Crippen LogP contribution in [0.4, 0.5) is 37.7 Å². The molecule has 0 spiro atoms. The van der Waals surface area contributed by atoms with Crippen LogP contribution in [-0.4, -0.2) is 53.2 Å². The zero-order valence-electron chi connectivity index (χ0n) is 25.1. The monoisotopic (exact) mass is 680 g/mol. The van der Waals surface area contributed by atoms with Gasteiger partial charge in [0.15, 0.2) is 0 Å². The van der Waals surface area contributed by atoms with Crippen molar-refractivity contribution < 1.29 is 45.8 Å². The number of carboxylic acids is 1. The molecule has 4 rings (SSSR count). The number of nitrogens with zero attached hydrogens (tertiary/aromatic N) is 4. The largest absolute Gasteiger partial charge is 0.478 e. The van der Waals surface area contributed by atoms with E-state index in [4.69, 9.17) is 27.9 Å². The number of rotatable bonds is 8. The first kappa shape index (κ1) is 35.5. The Kier molecular flexibility index (Phi) is 10.2. The molecule has 1 fully saturated rings. The highest BCUT2D eigenvalue weighted by Crippen LogP contribution is 2.35. The van der Waals surface area contributed by atoms with Gasteiger partial charge in [-0.15, -0.1) is 0 Å². The first-order chi connectivity index (χ1) is 22.4. The fourth-order valence-electron chi connectivity index (χ4n) is 4.72. The van der Waals surface area contributed by atoms with Crippen molar-refractivity contribution in [3.8, 4) is 0 Å². The lowest BCUT2D eigenvalue weighted by Gasteiger charge is -2.27. The Labute approximate surface area is 269 Å². The molecule has 256 valence electrons. The third kappa shape index (κ3) is 8.14. The van der Waals surface area contributed by atoms with Crippen molar-refractivity contribution in [2.75, 3.05) is 36.3 Å². The number of carbonyl (C=O) groups is 2. The predicted molar refractivity (Wildman–Crippen MR) is 163 cm³/mol. The number of carboxylic acid groups (broad SMARTS) is 1. The number of pyridine rings is 1. The lowest BCUT2D eigenvalue weighted by Crippen LogP contribution is -2.40. The van der Waals surface area contributed by atoms with Crippen LogP contribution < -0.4 is 33.2 Å². The molecular formula is C30H30F6N8O4. The molecule has 12 nitrogen and oxygen atoms in total. The number of carbonyl (C=O) groups excluding carboxylic acids is 1. The van der Waals surface area contributed by atoms with Gasteiger partial charge in [0.25, 0.3) is 5.91 Å². The van der Waals surface area contributed by atoms with Crippen LogP contribution in [0.3, 0.4) is 0 Å². The second-order valence-corrected chi connectivity index (χ2v) is 10.5. The van der Waals surface area contributed by atoms with E-state index in [1.165, 1.54) is 36.2 Å². The Morgan fingerprint density at radius 1 is 0.833 bits per heavy atom. The molecular weight excluding hydrogens is 650 g/mol. The number of aromatic carboxylic acids is 1. The van der Waals surface area contributed by atoms with Crippen molar-refractivity contribution in [2.45, 2.75) is 19.3 Å². The van der Waals surface area contributed by atoms with E-state index >= 15 is 0 Å². The van der Waals surface area contributed by atoms with Gasteiger partial charge in [0.1, 0.15) is 0 Å². The molecule has 1 saturated heterocycles. The highest BCUT2D eigenvalue weighted by atomic mass is 19.4. The number of anilines is 2. The number of hydrogen-bond donors (Lipinski definition) is 5. The SMILES string of the molecule is Cc1cc(N(N)/C=C(\N)c2cc(C(=O)N3CCOCC3)cc(/C(N)=C/N(N)c3ccc(C(F)(F)F)c(C(=O)O)c3)n2)ccc1C(F)(F)F. The van der Waals surface area contributed by atoms with Crippen LogP contribution in [0.5, 0.6) is 0 Å². The predicted octanol–water partition coefficient (Wildman–Crippen LogP) is 3.87. The first-order valence-electron chi connectivity index (χ1n) is 13.9. The molecule has 0 bridgehead atoms. The molecule has 3 aromatic rings. The van der Waals surface area contributed by atoms with Crippen molar-refractivity contribution in [3.63, 3.8) is 0 Å². The molecule has 18 heteroatoms. The number of benzene rings is 2. The van der Waals surface area contributed by atoms with Gasteiger partial charge in [0, 0.05) is 31.1 Å². The molecule has 2 aromatic carbocycles. The number of halogens is 6. The zero-order valence-corrected chi connectivity index (χ0v) is 25.1. The number of aromatic nitrogens is 1. The molecule has 1 aliphatic rings. The van der Waals surface area contributed by atoms with Gasteiger partial charge >= 0.3 is 18.3 Å². The highest BCUT2D eigenvalue weighted by Gasteiger charge is 2.36. The molecule has 0 radical (unpaired) electrons. The number of hydrazine groups is 2. The number of aryl methyl sites for hydroxylation is 1. The van der Waals surface area contributed by atoms with E-state index in [1.54, 1.807) is 0 Å². The van der Waals surface area contributed by atoms with Crippen LogP contribution in [0.15, 0.2) is 60.9 Å². The van der Waals surface area contributed by atoms with Crippen LogP contribution in [-0.2, 0) is 17.1 Å². The maximum atomic E-state index is 13.4. The third-order valence-electron chi connectivity index (χ3n) is 7.17. The Morgan fingerprint density at radius 3 is 1.77 bits per heavy atom. The van der Waals surface area contributed by atoms with Gasteiger partial charge in [-0.2, -0.15) is 26.3 Å². The zero-order chi connectivity index (χ0) is 35.6. The maximum absolute atomic E-state index is 13.4. The Bertz CT molecular complexity index is 1770. The van der Waals surface area contributed by atoms with E-state index < -0.39 is 40.9 Å². The van der Waals surface area contributed by atoms with Crippen molar-refractivity contribution in [2.24, 2.45) is 23.2 Å². The topological polar surface area (TPSA) is 190 Å². The molecule has 1 amide bonds. The van der Waals surface area contributed by atoms with Gasteiger partial charge in [-0.25, -0.2) is 21.5 Å². The van der Waals surface area contributed by atoms with Crippen molar-refractivity contribution >= 4 is 34.6 Å². The minimum absolute atomic E-state index is 0.0224. The molecule has 2 heterocycles. The van der Waals surface area contributed by atoms with Crippen molar-refractivity contribution in [1.82, 2.24) is 9.88 Å². The number of amides is 1. The molecule has 9 N–H and O–H groups in total. The van der Waals surface area contributed by atoms with Gasteiger partial charge in [-0.05, 0) is 61.0 Å². The minimum Gasteiger partial charge on any atom is -0.478 e. The van der Waals surface area contributed by atoms with E-state index in [9.17, 15) is 41.0 Å². The summed E-state index contributed by atoms with van der Waals surface area (Å²) in [5.74, 6) is 9.82. The molecule has 48 heavy (non-hydrogen) atoms. The summed E-state index contributed by atoms with van der Waals surface area (Å²) in [5.41, 5.74) is 8.81. The van der Waals surface area contributed by atoms with Gasteiger partial charge in [0.2, 0.25) is 0 Å². The van der Waals surface area contributed by atoms with Crippen LogP contribution in [0.2, 0.25) is 0 Å². The Hall–Kier alpha value is -5.33. The van der Waals surface area contributed by atoms with Crippen LogP contribution in [0.25, 0.3) is 11.4 Å². The normalized spacial score (nSPS) is 14.6. The summed E-state index contributed by atoms with van der Waals surface area (Å²) >= 11 is 0. The molecule has 1 aromatic heterocycles. The average molecular weight is 681 g/mol. The third-order valence-corrected chi connectivity index (χ3v) is 7.17. The summed E-state index contributed by atoms with van der Waals surface area (Å²) in [6.45, 7) is 2.42. The highest BCUT2D eigenvalue weighted by molar-refractivity contribution is 5.96. The summed E-state index contributed by atoms with van der Waals surface area (Å²) in [6.07, 6.45) is -7.29. The van der Waals surface area contributed by atoms with Crippen molar-refractivity contribution in [1.29, 1.82) is 0 Å². The summed E-state index contributed by atoms with van der Waals surface area (Å²) in [4.78, 5) is 30.8. The summed E-state index contributed by atoms with van der Waals surface area (Å²) < 4.78 is 84.9. The van der Waals surface area contributed by atoms with Gasteiger partial charge < -0.3 is 26.2 Å². The molecule has 1 aliphatic heterocycles. The van der Waals surface area contributed by atoms with E-state index in [0.717, 1.165) is 34.4 Å². The summed E-state index contributed by atoms with van der Waals surface area (Å²) in [5, 5.41) is 11.1. The van der Waals surface area contributed by atoms with Crippen molar-refractivity contribution in [3.05, 3.63) is 100 Å². The number of morpholine rings is 1. The van der Waals surface area contributed by atoms with E-state index in [-0.39, 0.29) is 58.4 Å². The fourth-order valence-corrected chi connectivity index (χ4v) is 4.72. The second kappa shape index (κ2) is 13.8. The lowest BCUT2D eigenvalue weighted by molar-refractivity contribution is -0.138. The van der Waals surface area contributed by atoms with Crippen LogP contribution in [0, 0.1) is 6.92 Å². The standard InChI is InChI=1S/C30H30F6N8O4/c1-16-10-18(2-4-21(16)29(31,32)33)43(39)14-23(37)25-11-17(27(45)42-6-8-48-9-7-42)12-26(41-25)24(38)15-44(40)19-3-5-22(30(34,35)36)20(13-19)28(46)47/h2-5,10-15H,6-9,37-40H2,1H3,(H,46,47)/b23-14-,24-15-. The maximum Gasteiger partial charge on any atom is 0.417 e. The van der Waals surface area contributed by atoms with Crippen LogP contribution in [0.1, 0.15) is 48.8 Å². The van der Waals surface area contributed by atoms with Crippen LogP contribution >= 0.6 is 0 Å². The molecule has 0 saturated carbocycles. The van der Waals surface area contributed by atoms with E-state index in [1.807, 2.05) is 0 Å². The molecule has 0 atom stereocenters. The van der Waals surface area contributed by atoms with Gasteiger partial charge in [0.05, 0.1) is 64.1 Å². The number of hydrogen-bond acceptors (Lipinski definition) is 10. The smallest absolute Gasteiger partial charge is 0.417 e.